The summed E-state index contributed by atoms with van der Waals surface area (Å²) in [5, 5.41) is 5.23. The molecule has 2 atom stereocenters. The monoisotopic (exact) mass is 599 g/mol. The Balaban J connectivity index is 0.000000293. The van der Waals surface area contributed by atoms with E-state index in [2.05, 4.69) is 38.1 Å². The number of hydrogen-bond donors (Lipinski definition) is 1. The van der Waals surface area contributed by atoms with Crippen LogP contribution in [0.4, 0.5) is 14.6 Å². The molecule has 230 valence electrons. The van der Waals surface area contributed by atoms with Gasteiger partial charge in [-0.1, -0.05) is 37.6 Å². The van der Waals surface area contributed by atoms with Gasteiger partial charge in [0.05, 0.1) is 44.2 Å². The van der Waals surface area contributed by atoms with Crippen molar-refractivity contribution in [2.24, 2.45) is 0 Å². The lowest BCUT2D eigenvalue weighted by Crippen LogP contribution is -2.51. The molecule has 4 fully saturated rings. The Morgan fingerprint density at radius 1 is 1.02 bits per heavy atom. The number of pyridine rings is 1. The van der Waals surface area contributed by atoms with Gasteiger partial charge in [0.2, 0.25) is 0 Å². The molecule has 0 radical (unpaired) electrons. The molecule has 2 aromatic carbocycles. The molecule has 6 heterocycles. The van der Waals surface area contributed by atoms with E-state index in [0.717, 1.165) is 32.0 Å². The van der Waals surface area contributed by atoms with Crippen LogP contribution < -0.4 is 15.0 Å². The molecule has 4 aromatic rings. The number of fused-ring (bicyclic) bond motifs is 5. The zero-order valence-corrected chi connectivity index (χ0v) is 24.7. The van der Waals surface area contributed by atoms with Crippen LogP contribution in [0.1, 0.15) is 51.5 Å². The average Bonchev–Trinajstić information content (AvgIpc) is 3.68. The number of ether oxygens (including phenoxy) is 1. The summed E-state index contributed by atoms with van der Waals surface area (Å²) in [5.41, 5.74) is 0.635. The van der Waals surface area contributed by atoms with Crippen molar-refractivity contribution < 1.29 is 18.0 Å². The molecule has 7 nitrogen and oxygen atoms in total. The van der Waals surface area contributed by atoms with E-state index in [1.807, 2.05) is 0 Å². The number of anilines is 1. The normalized spacial score (nSPS) is 25.2. The summed E-state index contributed by atoms with van der Waals surface area (Å²) in [5.74, 6) is 1.84. The van der Waals surface area contributed by atoms with Crippen molar-refractivity contribution in [1.82, 2.24) is 20.3 Å². The summed E-state index contributed by atoms with van der Waals surface area (Å²) < 4.78 is 37.3. The van der Waals surface area contributed by atoms with Gasteiger partial charge in [-0.3, -0.25) is 4.98 Å². The van der Waals surface area contributed by atoms with Crippen molar-refractivity contribution in [1.29, 1.82) is 0 Å². The van der Waals surface area contributed by atoms with Gasteiger partial charge < -0.3 is 19.4 Å². The lowest BCUT2D eigenvalue weighted by Gasteiger charge is -2.34. The summed E-state index contributed by atoms with van der Waals surface area (Å²) in [6, 6.07) is 10.1. The third-order valence-electron chi connectivity index (χ3n) is 10.0. The van der Waals surface area contributed by atoms with E-state index in [1.165, 1.54) is 56.4 Å². The van der Waals surface area contributed by atoms with E-state index in [9.17, 15) is 4.39 Å². The predicted octanol–water partition coefficient (Wildman–Crippen LogP) is 6.08. The quantitative estimate of drug-likeness (QED) is 0.228. The standard InChI is InChI=1S/C26H21F2N5O.C8H16N.CH4/c1-3-17-20(27)10-7-14-5-4-6-18(21(14)17)23-22(28)24-19(11-29-23)25(32-26(31-24)34-2)33-12-15-8-9-16(13-33)30-15;1-9-6-2-4-8(9)5-3-7-9;/h1,4-7,10-11,15-16,30H,8-9,12-13H2,2H3;8H,2-7H2,1H3;1H4/q;+1;. The number of halogens is 2. The van der Waals surface area contributed by atoms with Gasteiger partial charge >= 0.3 is 6.01 Å². The number of methoxy groups -OCH3 is 1. The van der Waals surface area contributed by atoms with E-state index in [4.69, 9.17) is 11.2 Å². The topological polar surface area (TPSA) is 63.2 Å². The van der Waals surface area contributed by atoms with Crippen LogP contribution in [0.3, 0.4) is 0 Å². The minimum atomic E-state index is -0.628. The summed E-state index contributed by atoms with van der Waals surface area (Å²) in [6.07, 6.45) is 15.4. The molecule has 0 amide bonds. The van der Waals surface area contributed by atoms with Gasteiger partial charge in [0.1, 0.15) is 22.8 Å². The Morgan fingerprint density at radius 3 is 2.41 bits per heavy atom. The highest BCUT2D eigenvalue weighted by Gasteiger charge is 2.41. The minimum absolute atomic E-state index is 0. The van der Waals surface area contributed by atoms with Crippen LogP contribution in [0.15, 0.2) is 36.5 Å². The molecule has 4 aliphatic heterocycles. The summed E-state index contributed by atoms with van der Waals surface area (Å²) in [4.78, 5) is 15.5. The van der Waals surface area contributed by atoms with Gasteiger partial charge in [0.15, 0.2) is 5.82 Å². The number of piperazine rings is 1. The van der Waals surface area contributed by atoms with E-state index >= 15 is 4.39 Å². The van der Waals surface area contributed by atoms with E-state index < -0.39 is 11.6 Å². The smallest absolute Gasteiger partial charge is 0.318 e. The Kier molecular flexibility index (Phi) is 8.16. The number of hydrogen-bond acceptors (Lipinski definition) is 6. The van der Waals surface area contributed by atoms with Crippen LogP contribution in [-0.4, -0.2) is 77.9 Å². The molecule has 9 heteroatoms. The zero-order valence-electron chi connectivity index (χ0n) is 24.7. The molecule has 2 unspecified atom stereocenters. The largest absolute Gasteiger partial charge is 0.467 e. The van der Waals surface area contributed by atoms with Gasteiger partial charge in [0.25, 0.3) is 0 Å². The molecule has 8 rings (SSSR count). The van der Waals surface area contributed by atoms with Crippen LogP contribution in [-0.2, 0) is 0 Å². The van der Waals surface area contributed by atoms with Crippen molar-refractivity contribution in [3.8, 4) is 29.6 Å². The van der Waals surface area contributed by atoms with Gasteiger partial charge in [-0.25, -0.2) is 8.78 Å². The van der Waals surface area contributed by atoms with Gasteiger partial charge in [-0.05, 0) is 24.3 Å². The molecule has 0 spiro atoms. The fourth-order valence-electron chi connectivity index (χ4n) is 7.82. The maximum absolute atomic E-state index is 16.1. The highest BCUT2D eigenvalue weighted by Crippen LogP contribution is 2.37. The van der Waals surface area contributed by atoms with Crippen LogP contribution in [0.25, 0.3) is 32.9 Å². The van der Waals surface area contributed by atoms with Gasteiger partial charge in [0, 0.05) is 68.0 Å². The molecule has 0 saturated carbocycles. The van der Waals surface area contributed by atoms with Crippen molar-refractivity contribution >= 4 is 27.5 Å². The van der Waals surface area contributed by atoms with Crippen molar-refractivity contribution in [2.75, 3.05) is 45.2 Å². The first kappa shape index (κ1) is 30.2. The molecular formula is C35H41F2N6O+. The third kappa shape index (κ3) is 5.14. The Labute approximate surface area is 258 Å². The Morgan fingerprint density at radius 2 is 1.75 bits per heavy atom. The Hall–Kier alpha value is -3.87. The lowest BCUT2D eigenvalue weighted by atomic mass is 9.96. The number of rotatable bonds is 3. The van der Waals surface area contributed by atoms with Crippen molar-refractivity contribution in [3.05, 3.63) is 53.7 Å². The molecule has 4 aliphatic rings. The Bertz CT molecular complexity index is 1730. The first-order valence-corrected chi connectivity index (χ1v) is 15.3. The molecule has 1 N–H and O–H groups in total. The van der Waals surface area contributed by atoms with Crippen LogP contribution in [0.2, 0.25) is 0 Å². The second kappa shape index (κ2) is 11.9. The highest BCUT2D eigenvalue weighted by molar-refractivity contribution is 6.02. The fraction of sp³-hybridized carbons (Fsp3) is 0.457. The number of terminal acetylenes is 1. The number of aromatic nitrogens is 3. The van der Waals surface area contributed by atoms with E-state index in [-0.39, 0.29) is 30.2 Å². The second-order valence-electron chi connectivity index (χ2n) is 12.6. The van der Waals surface area contributed by atoms with Crippen molar-refractivity contribution in [3.63, 3.8) is 0 Å². The summed E-state index contributed by atoms with van der Waals surface area (Å²) in [7, 11) is 3.89. The third-order valence-corrected chi connectivity index (χ3v) is 10.0. The molecule has 2 bridgehead atoms. The molecule has 4 saturated heterocycles. The minimum Gasteiger partial charge on any atom is -0.467 e. The number of benzene rings is 2. The van der Waals surface area contributed by atoms with E-state index in [0.29, 0.717) is 39.6 Å². The molecule has 44 heavy (non-hydrogen) atoms. The van der Waals surface area contributed by atoms with E-state index in [1.54, 1.807) is 30.5 Å². The second-order valence-corrected chi connectivity index (χ2v) is 12.6. The van der Waals surface area contributed by atoms with Crippen LogP contribution in [0, 0.1) is 24.0 Å². The van der Waals surface area contributed by atoms with Gasteiger partial charge in [-0.15, -0.1) is 6.42 Å². The first-order chi connectivity index (χ1) is 20.9. The SMILES string of the molecule is C.C#Cc1c(F)ccc2cccc(-c3ncc4c(N5CC6CCC(C5)N6)nc(OC)nc4c3F)c12.C[N+]12CCCC1CCC2. The van der Waals surface area contributed by atoms with Crippen LogP contribution in [0.5, 0.6) is 6.01 Å². The highest BCUT2D eigenvalue weighted by atomic mass is 19.1. The first-order valence-electron chi connectivity index (χ1n) is 15.3. The van der Waals surface area contributed by atoms with Gasteiger partial charge in [-0.2, -0.15) is 9.97 Å². The van der Waals surface area contributed by atoms with Crippen LogP contribution >= 0.6 is 0 Å². The lowest BCUT2D eigenvalue weighted by molar-refractivity contribution is -0.908. The number of quaternary nitrogens is 1. The zero-order chi connectivity index (χ0) is 29.7. The maximum Gasteiger partial charge on any atom is 0.318 e. The summed E-state index contributed by atoms with van der Waals surface area (Å²) >= 11 is 0. The molecular weight excluding hydrogens is 558 g/mol. The fourth-order valence-corrected chi connectivity index (χ4v) is 7.82. The maximum atomic E-state index is 16.1. The molecule has 0 aliphatic carbocycles. The molecule has 2 aromatic heterocycles. The van der Waals surface area contributed by atoms with Crippen molar-refractivity contribution in [2.45, 2.75) is 64.1 Å². The summed E-state index contributed by atoms with van der Waals surface area (Å²) in [6.45, 7) is 4.46. The predicted molar refractivity (Wildman–Crippen MR) is 172 cm³/mol. The number of nitrogens with one attached hydrogen (secondary N) is 1. The average molecular weight is 600 g/mol. The number of nitrogens with zero attached hydrogens (tertiary/aromatic N) is 5.